The molecule has 4 rings (SSSR count). The number of imidazole rings is 1. The minimum absolute atomic E-state index is 0.0278. The Balaban J connectivity index is 1.28. The topological polar surface area (TPSA) is 61.3 Å². The number of aromatic amines is 1. The average molecular weight is 378 g/mol. The number of piperazine rings is 1. The van der Waals surface area contributed by atoms with E-state index < -0.39 is 0 Å². The highest BCUT2D eigenvalue weighted by atomic mass is 16.1. The molecule has 0 atom stereocenters. The van der Waals surface area contributed by atoms with Gasteiger partial charge in [-0.3, -0.25) is 14.3 Å². The molecule has 0 saturated carbocycles. The van der Waals surface area contributed by atoms with E-state index in [1.807, 2.05) is 53.1 Å². The second kappa shape index (κ2) is 8.02. The third-order valence-electron chi connectivity index (χ3n) is 5.55. The van der Waals surface area contributed by atoms with E-state index in [0.29, 0.717) is 0 Å². The van der Waals surface area contributed by atoms with Crippen LogP contribution in [0.5, 0.6) is 0 Å². The number of fused-ring (bicyclic) bond motifs is 1. The zero-order chi connectivity index (χ0) is 19.5. The maximum atomic E-state index is 12.2. The van der Waals surface area contributed by atoms with Crippen LogP contribution in [0.4, 0.5) is 5.69 Å². The summed E-state index contributed by atoms with van der Waals surface area (Å²) in [4.78, 5) is 31.3. The van der Waals surface area contributed by atoms with Crippen LogP contribution in [0.15, 0.2) is 53.3 Å². The predicted molar refractivity (Wildman–Crippen MR) is 112 cm³/mol. The fourth-order valence-electron chi connectivity index (χ4n) is 3.92. The van der Waals surface area contributed by atoms with Gasteiger partial charge in [0.1, 0.15) is 0 Å². The molecule has 3 aromatic rings. The summed E-state index contributed by atoms with van der Waals surface area (Å²) >= 11 is 0. The minimum Gasteiger partial charge on any atom is -0.369 e. The predicted octanol–water partition coefficient (Wildman–Crippen LogP) is 2.74. The molecule has 6 nitrogen and oxygen atoms in total. The number of hydrogen-bond acceptors (Lipinski definition) is 4. The lowest BCUT2D eigenvalue weighted by Crippen LogP contribution is -2.46. The van der Waals surface area contributed by atoms with E-state index in [-0.39, 0.29) is 11.5 Å². The molecular weight excluding hydrogens is 352 g/mol. The SMILES string of the molecule is CC(=O)c1ccc(N2CCN(CCCn3c(=O)[nH]c4ccccc43)CC2)cc1. The molecule has 0 radical (unpaired) electrons. The van der Waals surface area contributed by atoms with Gasteiger partial charge in [0.15, 0.2) is 5.78 Å². The maximum absolute atomic E-state index is 12.2. The number of hydrogen-bond donors (Lipinski definition) is 1. The molecular formula is C22H26N4O2. The summed E-state index contributed by atoms with van der Waals surface area (Å²) in [6.45, 7) is 7.30. The van der Waals surface area contributed by atoms with Crippen LogP contribution in [0.2, 0.25) is 0 Å². The quantitative estimate of drug-likeness (QED) is 0.670. The van der Waals surface area contributed by atoms with Gasteiger partial charge in [-0.05, 0) is 56.3 Å². The van der Waals surface area contributed by atoms with Crippen LogP contribution in [0.3, 0.4) is 0 Å². The molecule has 2 aromatic carbocycles. The van der Waals surface area contributed by atoms with Crippen molar-refractivity contribution in [2.75, 3.05) is 37.6 Å². The average Bonchev–Trinajstić information content (AvgIpc) is 3.04. The van der Waals surface area contributed by atoms with Gasteiger partial charge >= 0.3 is 5.69 Å². The van der Waals surface area contributed by atoms with Crippen molar-refractivity contribution in [1.29, 1.82) is 0 Å². The molecule has 1 saturated heterocycles. The van der Waals surface area contributed by atoms with Crippen LogP contribution < -0.4 is 10.6 Å². The molecule has 0 aliphatic carbocycles. The number of rotatable bonds is 6. The van der Waals surface area contributed by atoms with Crippen LogP contribution in [-0.2, 0) is 6.54 Å². The van der Waals surface area contributed by atoms with E-state index in [9.17, 15) is 9.59 Å². The summed E-state index contributed by atoms with van der Waals surface area (Å²) < 4.78 is 1.84. The summed E-state index contributed by atoms with van der Waals surface area (Å²) in [5.74, 6) is 0.102. The van der Waals surface area contributed by atoms with Crippen molar-refractivity contribution in [2.24, 2.45) is 0 Å². The lowest BCUT2D eigenvalue weighted by molar-refractivity contribution is 0.101. The Labute approximate surface area is 164 Å². The second-order valence-electron chi connectivity index (χ2n) is 7.38. The van der Waals surface area contributed by atoms with Gasteiger partial charge in [-0.2, -0.15) is 0 Å². The van der Waals surface area contributed by atoms with E-state index in [1.54, 1.807) is 6.92 Å². The highest BCUT2D eigenvalue weighted by molar-refractivity contribution is 5.94. The van der Waals surface area contributed by atoms with E-state index >= 15 is 0 Å². The fraction of sp³-hybridized carbons (Fsp3) is 0.364. The van der Waals surface area contributed by atoms with Crippen molar-refractivity contribution >= 4 is 22.5 Å². The first kappa shape index (κ1) is 18.5. The van der Waals surface area contributed by atoms with Crippen molar-refractivity contribution in [2.45, 2.75) is 19.9 Å². The molecule has 1 aliphatic heterocycles. The third-order valence-corrected chi connectivity index (χ3v) is 5.55. The lowest BCUT2D eigenvalue weighted by Gasteiger charge is -2.36. The van der Waals surface area contributed by atoms with E-state index in [4.69, 9.17) is 0 Å². The zero-order valence-electron chi connectivity index (χ0n) is 16.2. The normalized spacial score (nSPS) is 15.2. The van der Waals surface area contributed by atoms with Gasteiger partial charge in [0, 0.05) is 44.0 Å². The number of benzene rings is 2. The molecule has 28 heavy (non-hydrogen) atoms. The minimum atomic E-state index is -0.0278. The molecule has 6 heteroatoms. The first-order valence-electron chi connectivity index (χ1n) is 9.88. The van der Waals surface area contributed by atoms with Crippen LogP contribution in [0.25, 0.3) is 11.0 Å². The number of nitrogens with zero attached hydrogens (tertiary/aromatic N) is 3. The molecule has 1 N–H and O–H groups in total. The number of para-hydroxylation sites is 2. The molecule has 0 bridgehead atoms. The van der Waals surface area contributed by atoms with Gasteiger partial charge in [0.2, 0.25) is 0 Å². The smallest absolute Gasteiger partial charge is 0.326 e. The van der Waals surface area contributed by atoms with Gasteiger partial charge < -0.3 is 9.88 Å². The van der Waals surface area contributed by atoms with Crippen LogP contribution in [-0.4, -0.2) is 53.0 Å². The highest BCUT2D eigenvalue weighted by Gasteiger charge is 2.17. The standard InChI is InChI=1S/C22H26N4O2/c1-17(27)18-7-9-19(10-8-18)25-15-13-24(14-16-25)11-4-12-26-21-6-3-2-5-20(21)23-22(26)28/h2-3,5-10H,4,11-16H2,1H3,(H,23,28). The van der Waals surface area contributed by atoms with Gasteiger partial charge in [0.25, 0.3) is 0 Å². The Kier molecular flexibility index (Phi) is 5.30. The lowest BCUT2D eigenvalue weighted by atomic mass is 10.1. The Hall–Kier alpha value is -2.86. The Morgan fingerprint density at radius 2 is 1.68 bits per heavy atom. The molecule has 1 fully saturated rings. The number of anilines is 1. The summed E-state index contributed by atoms with van der Waals surface area (Å²) in [5, 5.41) is 0. The first-order chi connectivity index (χ1) is 13.6. The largest absolute Gasteiger partial charge is 0.369 e. The summed E-state index contributed by atoms with van der Waals surface area (Å²) in [7, 11) is 0. The summed E-state index contributed by atoms with van der Waals surface area (Å²) in [6.07, 6.45) is 0.953. The van der Waals surface area contributed by atoms with Crippen molar-refractivity contribution in [3.05, 3.63) is 64.6 Å². The monoisotopic (exact) mass is 378 g/mol. The fourth-order valence-corrected chi connectivity index (χ4v) is 3.92. The molecule has 2 heterocycles. The van der Waals surface area contributed by atoms with Crippen molar-refractivity contribution in [3.63, 3.8) is 0 Å². The number of carbonyl (C=O) groups excluding carboxylic acids is 1. The Morgan fingerprint density at radius 1 is 0.964 bits per heavy atom. The number of aromatic nitrogens is 2. The second-order valence-corrected chi connectivity index (χ2v) is 7.38. The molecule has 1 aliphatic rings. The maximum Gasteiger partial charge on any atom is 0.326 e. The zero-order valence-corrected chi connectivity index (χ0v) is 16.2. The number of ketones is 1. The number of Topliss-reactive ketones (excluding diaryl/α,β-unsaturated/α-hetero) is 1. The van der Waals surface area contributed by atoms with Crippen LogP contribution in [0, 0.1) is 0 Å². The molecule has 146 valence electrons. The molecule has 0 amide bonds. The van der Waals surface area contributed by atoms with Gasteiger partial charge in [-0.15, -0.1) is 0 Å². The highest BCUT2D eigenvalue weighted by Crippen LogP contribution is 2.18. The Morgan fingerprint density at radius 3 is 2.39 bits per heavy atom. The van der Waals surface area contributed by atoms with Crippen molar-refractivity contribution in [3.8, 4) is 0 Å². The van der Waals surface area contributed by atoms with Crippen molar-refractivity contribution < 1.29 is 4.79 Å². The van der Waals surface area contributed by atoms with Gasteiger partial charge in [0.05, 0.1) is 11.0 Å². The first-order valence-corrected chi connectivity index (χ1v) is 9.88. The van der Waals surface area contributed by atoms with Crippen LogP contribution in [0.1, 0.15) is 23.7 Å². The molecule has 0 unspecified atom stereocenters. The van der Waals surface area contributed by atoms with Crippen molar-refractivity contribution in [1.82, 2.24) is 14.5 Å². The van der Waals surface area contributed by atoms with E-state index in [0.717, 1.165) is 62.3 Å². The Bertz CT molecular complexity index is 1010. The van der Waals surface area contributed by atoms with E-state index in [1.165, 1.54) is 5.69 Å². The third kappa shape index (κ3) is 3.87. The molecule has 1 aromatic heterocycles. The number of nitrogens with one attached hydrogen (secondary N) is 1. The van der Waals surface area contributed by atoms with Gasteiger partial charge in [-0.25, -0.2) is 4.79 Å². The van der Waals surface area contributed by atoms with Gasteiger partial charge in [-0.1, -0.05) is 12.1 Å². The summed E-state index contributed by atoms with van der Waals surface area (Å²) in [6, 6.07) is 15.7. The number of aryl methyl sites for hydroxylation is 1. The number of H-pyrrole nitrogens is 1. The number of carbonyl (C=O) groups is 1. The van der Waals surface area contributed by atoms with E-state index in [2.05, 4.69) is 14.8 Å². The summed E-state index contributed by atoms with van der Waals surface area (Å²) in [5.41, 5.74) is 3.79. The molecule has 0 spiro atoms. The van der Waals surface area contributed by atoms with Crippen LogP contribution >= 0.6 is 0 Å².